The molecule has 0 radical (unpaired) electrons. The largest absolute Gasteiger partial charge is 0.381 e. The number of nitro benzene ring substituents is 1. The van der Waals surface area contributed by atoms with E-state index in [0.29, 0.717) is 11.6 Å². The van der Waals surface area contributed by atoms with Crippen molar-refractivity contribution in [2.75, 3.05) is 16.8 Å². The Morgan fingerprint density at radius 3 is 2.94 bits per heavy atom. The predicted octanol–water partition coefficient (Wildman–Crippen LogP) is 3.58. The summed E-state index contributed by atoms with van der Waals surface area (Å²) in [5.41, 5.74) is 1.79. The van der Waals surface area contributed by atoms with Gasteiger partial charge in [-0.05, 0) is 41.1 Å². The maximum Gasteiger partial charge on any atom is 0.273 e. The summed E-state index contributed by atoms with van der Waals surface area (Å²) in [5, 5.41) is 14.2. The van der Waals surface area contributed by atoms with Gasteiger partial charge in [-0.2, -0.15) is 11.8 Å². The van der Waals surface area contributed by atoms with E-state index in [1.165, 1.54) is 5.75 Å². The van der Waals surface area contributed by atoms with Crippen LogP contribution < -0.4 is 5.32 Å². The highest BCUT2D eigenvalue weighted by atomic mass is 79.9. The number of thioether (sulfide) groups is 1. The average Bonchev–Trinajstić information content (AvgIpc) is 2.75. The van der Waals surface area contributed by atoms with Gasteiger partial charge in [-0.25, -0.2) is 0 Å². The molecule has 1 aromatic carbocycles. The summed E-state index contributed by atoms with van der Waals surface area (Å²) in [7, 11) is 0. The topological polar surface area (TPSA) is 55.2 Å². The van der Waals surface area contributed by atoms with Crippen LogP contribution in [0.1, 0.15) is 12.0 Å². The van der Waals surface area contributed by atoms with Crippen LogP contribution >= 0.6 is 27.7 Å². The van der Waals surface area contributed by atoms with Crippen molar-refractivity contribution in [1.82, 2.24) is 0 Å². The molecule has 1 heterocycles. The van der Waals surface area contributed by atoms with Gasteiger partial charge in [0.15, 0.2) is 0 Å². The van der Waals surface area contributed by atoms with Gasteiger partial charge in [-0.1, -0.05) is 0 Å². The lowest BCUT2D eigenvalue weighted by atomic mass is 10.1. The van der Waals surface area contributed by atoms with Gasteiger partial charge in [0.05, 0.1) is 4.92 Å². The van der Waals surface area contributed by atoms with Gasteiger partial charge in [0.2, 0.25) is 0 Å². The third kappa shape index (κ3) is 2.93. The third-order valence-corrected chi connectivity index (χ3v) is 4.59. The second-order valence-corrected chi connectivity index (χ2v) is 6.08. The number of hydrogen-bond acceptors (Lipinski definition) is 4. The molecule has 1 fully saturated rings. The van der Waals surface area contributed by atoms with Crippen LogP contribution in [0.4, 0.5) is 11.4 Å². The van der Waals surface area contributed by atoms with Crippen LogP contribution in [0.15, 0.2) is 16.6 Å². The Bertz CT molecular complexity index is 447. The van der Waals surface area contributed by atoms with Crippen molar-refractivity contribution in [3.8, 4) is 0 Å². The minimum Gasteiger partial charge on any atom is -0.381 e. The Balaban J connectivity index is 2.23. The Hall–Kier alpha value is -0.750. The molecule has 1 aliphatic heterocycles. The zero-order chi connectivity index (χ0) is 12.4. The highest BCUT2D eigenvalue weighted by Gasteiger charge is 2.19. The lowest BCUT2D eigenvalue weighted by Crippen LogP contribution is -2.18. The molecule has 0 amide bonds. The summed E-state index contributed by atoms with van der Waals surface area (Å²) in [6.07, 6.45) is 1.15. The number of nitro groups is 1. The fourth-order valence-electron chi connectivity index (χ4n) is 1.85. The van der Waals surface area contributed by atoms with E-state index in [0.717, 1.165) is 22.3 Å². The first-order valence-electron chi connectivity index (χ1n) is 5.36. The van der Waals surface area contributed by atoms with Gasteiger partial charge in [0, 0.05) is 33.6 Å². The second-order valence-electron chi connectivity index (χ2n) is 4.08. The van der Waals surface area contributed by atoms with Crippen molar-refractivity contribution in [3.05, 3.63) is 32.3 Å². The van der Waals surface area contributed by atoms with E-state index in [1.807, 2.05) is 17.8 Å². The van der Waals surface area contributed by atoms with Gasteiger partial charge in [-0.3, -0.25) is 10.1 Å². The predicted molar refractivity (Wildman–Crippen MR) is 74.9 cm³/mol. The minimum atomic E-state index is -0.352. The van der Waals surface area contributed by atoms with E-state index in [2.05, 4.69) is 21.2 Å². The number of nitrogens with one attached hydrogen (secondary N) is 1. The van der Waals surface area contributed by atoms with Crippen LogP contribution in [-0.4, -0.2) is 22.5 Å². The number of halogens is 1. The molecule has 6 heteroatoms. The molecule has 1 atom stereocenters. The van der Waals surface area contributed by atoms with Crippen LogP contribution in [0.5, 0.6) is 0 Å². The molecule has 0 aliphatic carbocycles. The van der Waals surface area contributed by atoms with Crippen LogP contribution in [0.3, 0.4) is 0 Å². The zero-order valence-electron chi connectivity index (χ0n) is 9.40. The van der Waals surface area contributed by atoms with E-state index >= 15 is 0 Å². The maximum absolute atomic E-state index is 10.8. The van der Waals surface area contributed by atoms with Crippen LogP contribution in [0.2, 0.25) is 0 Å². The second kappa shape index (κ2) is 5.27. The molecule has 0 spiro atoms. The number of rotatable bonds is 3. The van der Waals surface area contributed by atoms with Gasteiger partial charge in [-0.15, -0.1) is 0 Å². The summed E-state index contributed by atoms with van der Waals surface area (Å²) in [5.74, 6) is 2.28. The summed E-state index contributed by atoms with van der Waals surface area (Å²) < 4.78 is 0.756. The molecule has 0 saturated carbocycles. The molecule has 17 heavy (non-hydrogen) atoms. The molecule has 2 rings (SSSR count). The molecule has 92 valence electrons. The van der Waals surface area contributed by atoms with Crippen LogP contribution in [0.25, 0.3) is 0 Å². The summed E-state index contributed by atoms with van der Waals surface area (Å²) >= 11 is 5.32. The van der Waals surface area contributed by atoms with Gasteiger partial charge in [0.1, 0.15) is 0 Å². The summed E-state index contributed by atoms with van der Waals surface area (Å²) in [6, 6.07) is 3.88. The minimum absolute atomic E-state index is 0.156. The molecule has 1 saturated heterocycles. The standard InChI is InChI=1S/C11H13BrN2O2S/c1-7-4-10(13-8-2-3-17-6-8)9(12)5-11(7)14(15)16/h4-5,8,13H,2-3,6H2,1H3. The van der Waals surface area contributed by atoms with E-state index < -0.39 is 0 Å². The Kier molecular flexibility index (Phi) is 3.93. The fourth-order valence-corrected chi connectivity index (χ4v) is 3.44. The van der Waals surface area contributed by atoms with Crippen molar-refractivity contribution in [3.63, 3.8) is 0 Å². The molecule has 1 unspecified atom stereocenters. The van der Waals surface area contributed by atoms with Gasteiger partial charge in [0.25, 0.3) is 5.69 Å². The highest BCUT2D eigenvalue weighted by molar-refractivity contribution is 9.10. The van der Waals surface area contributed by atoms with Gasteiger partial charge < -0.3 is 5.32 Å². The number of anilines is 1. The first-order valence-corrected chi connectivity index (χ1v) is 7.31. The maximum atomic E-state index is 10.8. The summed E-state index contributed by atoms with van der Waals surface area (Å²) in [4.78, 5) is 10.4. The van der Waals surface area contributed by atoms with E-state index in [9.17, 15) is 10.1 Å². The van der Waals surface area contributed by atoms with Crippen molar-refractivity contribution < 1.29 is 4.92 Å². The lowest BCUT2D eigenvalue weighted by molar-refractivity contribution is -0.385. The van der Waals surface area contributed by atoms with Crippen molar-refractivity contribution in [1.29, 1.82) is 0 Å². The van der Waals surface area contributed by atoms with Gasteiger partial charge >= 0.3 is 0 Å². The van der Waals surface area contributed by atoms with Crippen LogP contribution in [0, 0.1) is 17.0 Å². The fraction of sp³-hybridized carbons (Fsp3) is 0.455. The number of nitrogens with zero attached hydrogens (tertiary/aromatic N) is 1. The molecular formula is C11H13BrN2O2S. The average molecular weight is 317 g/mol. The van der Waals surface area contributed by atoms with Crippen molar-refractivity contribution in [2.24, 2.45) is 0 Å². The van der Waals surface area contributed by atoms with E-state index in [-0.39, 0.29) is 10.6 Å². The SMILES string of the molecule is Cc1cc(NC2CCSC2)c(Br)cc1[N+](=O)[O-]. The smallest absolute Gasteiger partial charge is 0.273 e. The van der Waals surface area contributed by atoms with Crippen molar-refractivity contribution in [2.45, 2.75) is 19.4 Å². The Labute approximate surface area is 112 Å². The molecule has 1 N–H and O–H groups in total. The van der Waals surface area contributed by atoms with Crippen molar-refractivity contribution >= 4 is 39.1 Å². The first-order chi connectivity index (χ1) is 8.08. The first kappa shape index (κ1) is 12.7. The highest BCUT2D eigenvalue weighted by Crippen LogP contribution is 2.32. The third-order valence-electron chi connectivity index (χ3n) is 2.77. The number of benzene rings is 1. The lowest BCUT2D eigenvalue weighted by Gasteiger charge is -2.15. The molecular weight excluding hydrogens is 304 g/mol. The quantitative estimate of drug-likeness (QED) is 0.684. The molecule has 0 aromatic heterocycles. The van der Waals surface area contributed by atoms with Crippen LogP contribution in [-0.2, 0) is 0 Å². The number of hydrogen-bond donors (Lipinski definition) is 1. The Morgan fingerprint density at radius 2 is 2.35 bits per heavy atom. The number of aryl methyl sites for hydroxylation is 1. The molecule has 1 aromatic rings. The monoisotopic (exact) mass is 316 g/mol. The molecule has 4 nitrogen and oxygen atoms in total. The Morgan fingerprint density at radius 1 is 1.59 bits per heavy atom. The molecule has 1 aliphatic rings. The summed E-state index contributed by atoms with van der Waals surface area (Å²) in [6.45, 7) is 1.76. The van der Waals surface area contributed by atoms with E-state index in [1.54, 1.807) is 13.0 Å². The zero-order valence-corrected chi connectivity index (χ0v) is 11.8. The van der Waals surface area contributed by atoms with E-state index in [4.69, 9.17) is 0 Å². The molecule has 0 bridgehead atoms. The normalized spacial score (nSPS) is 19.3.